The number of amides is 3. The van der Waals surface area contributed by atoms with Gasteiger partial charge < -0.3 is 20.1 Å². The number of ether oxygens (including phenoxy) is 2. The number of likely N-dealkylation sites (N-methyl/N-ethyl adjacent to an activating group) is 1. The molecule has 0 aliphatic carbocycles. The van der Waals surface area contributed by atoms with Gasteiger partial charge in [-0.25, -0.2) is 4.79 Å². The Hall–Kier alpha value is -2.28. The first kappa shape index (κ1) is 16.8. The van der Waals surface area contributed by atoms with E-state index in [0.29, 0.717) is 18.0 Å². The number of hydrogen-bond donors (Lipinski definition) is 3. The molecule has 1 aromatic rings. The second kappa shape index (κ2) is 7.49. The third kappa shape index (κ3) is 4.35. The summed E-state index contributed by atoms with van der Waals surface area (Å²) in [7, 11) is 4.99. The summed E-state index contributed by atoms with van der Waals surface area (Å²) in [4.78, 5) is 23.4. The topological polar surface area (TPSA) is 95.1 Å². The number of hydrogen-bond acceptors (Lipinski definition) is 4. The molecule has 0 aliphatic rings. The van der Waals surface area contributed by atoms with Crippen LogP contribution in [0.1, 0.15) is 12.5 Å². The average Bonchev–Trinajstić information content (AvgIpc) is 2.45. The van der Waals surface area contributed by atoms with Gasteiger partial charge in [-0.15, -0.1) is 0 Å². The van der Waals surface area contributed by atoms with Gasteiger partial charge in [-0.05, 0) is 19.1 Å². The van der Waals surface area contributed by atoms with Crippen molar-refractivity contribution in [3.05, 3.63) is 23.8 Å². The van der Waals surface area contributed by atoms with E-state index in [9.17, 15) is 9.59 Å². The number of carbonyl (C=O) groups is 2. The van der Waals surface area contributed by atoms with Crippen LogP contribution in [-0.4, -0.2) is 39.2 Å². The van der Waals surface area contributed by atoms with Gasteiger partial charge in [0.25, 0.3) is 5.91 Å². The molecule has 1 rings (SSSR count). The summed E-state index contributed by atoms with van der Waals surface area (Å²) < 4.78 is 10.6. The van der Waals surface area contributed by atoms with Crippen molar-refractivity contribution in [3.63, 3.8) is 0 Å². The fourth-order valence-corrected chi connectivity index (χ4v) is 2.00. The van der Waals surface area contributed by atoms with Crippen LogP contribution >= 0.6 is 0 Å². The highest BCUT2D eigenvalue weighted by molar-refractivity contribution is 5.95. The van der Waals surface area contributed by atoms with Crippen LogP contribution in [0.4, 0.5) is 4.79 Å². The molecule has 4 N–H and O–H groups in total. The third-order valence-corrected chi connectivity index (χ3v) is 3.33. The molecule has 116 valence electrons. The Morgan fingerprint density at radius 1 is 1.33 bits per heavy atom. The smallest absolute Gasteiger partial charge is 0.319 e. The van der Waals surface area contributed by atoms with Crippen molar-refractivity contribution in [3.8, 4) is 11.5 Å². The molecule has 0 bridgehead atoms. The molecule has 0 fully saturated rings. The van der Waals surface area contributed by atoms with Crippen LogP contribution < -0.4 is 25.4 Å². The second-order valence-corrected chi connectivity index (χ2v) is 4.75. The van der Waals surface area contributed by atoms with E-state index >= 15 is 0 Å². The minimum absolute atomic E-state index is 0.415. The first-order valence-corrected chi connectivity index (χ1v) is 6.53. The zero-order chi connectivity index (χ0) is 16.0. The number of para-hydroxylation sites is 1. The number of nitrogens with one attached hydrogen (secondary N) is 2. The van der Waals surface area contributed by atoms with E-state index in [-0.39, 0.29) is 0 Å². The van der Waals surface area contributed by atoms with Crippen LogP contribution in [0, 0.1) is 0 Å². The Labute approximate surface area is 124 Å². The molecule has 0 saturated heterocycles. The number of benzene rings is 1. The van der Waals surface area contributed by atoms with Gasteiger partial charge in [-0.3, -0.25) is 10.1 Å². The molecular formula is C14H22N3O4+. The number of imide groups is 1. The SMILES string of the molecule is COc1cccc(C[NH+](C)[C@H](C)C(=O)NC(N)=O)c1OC. The number of rotatable bonds is 6. The minimum Gasteiger partial charge on any atom is -0.493 e. The third-order valence-electron chi connectivity index (χ3n) is 3.33. The van der Waals surface area contributed by atoms with Crippen molar-refractivity contribution in [2.75, 3.05) is 21.3 Å². The molecule has 0 saturated carbocycles. The van der Waals surface area contributed by atoms with Crippen LogP contribution in [0.3, 0.4) is 0 Å². The first-order chi connectivity index (χ1) is 9.90. The Balaban J connectivity index is 2.85. The van der Waals surface area contributed by atoms with Crippen molar-refractivity contribution in [1.29, 1.82) is 0 Å². The highest BCUT2D eigenvalue weighted by Gasteiger charge is 2.24. The van der Waals surface area contributed by atoms with Crippen molar-refractivity contribution in [1.82, 2.24) is 5.32 Å². The number of primary amides is 1. The van der Waals surface area contributed by atoms with Crippen LogP contribution in [0.5, 0.6) is 11.5 Å². The van der Waals surface area contributed by atoms with Gasteiger partial charge in [0.15, 0.2) is 17.5 Å². The number of quaternary nitrogens is 1. The normalized spacial score (nSPS) is 13.1. The second-order valence-electron chi connectivity index (χ2n) is 4.75. The molecule has 1 aromatic carbocycles. The molecule has 0 heterocycles. The molecule has 0 radical (unpaired) electrons. The molecule has 7 nitrogen and oxygen atoms in total. The van der Waals surface area contributed by atoms with E-state index in [1.807, 2.05) is 19.2 Å². The van der Waals surface area contributed by atoms with Gasteiger partial charge in [0.2, 0.25) is 0 Å². The molecule has 0 aromatic heterocycles. The van der Waals surface area contributed by atoms with E-state index in [4.69, 9.17) is 15.2 Å². The highest BCUT2D eigenvalue weighted by atomic mass is 16.5. The van der Waals surface area contributed by atoms with E-state index in [0.717, 1.165) is 10.5 Å². The van der Waals surface area contributed by atoms with Gasteiger partial charge in [-0.1, -0.05) is 6.07 Å². The lowest BCUT2D eigenvalue weighted by Crippen LogP contribution is -3.12. The molecule has 7 heteroatoms. The van der Waals surface area contributed by atoms with E-state index in [1.165, 1.54) is 0 Å². The summed E-state index contributed by atoms with van der Waals surface area (Å²) in [6, 6.07) is 4.29. The van der Waals surface area contributed by atoms with E-state index in [1.54, 1.807) is 27.2 Å². The predicted molar refractivity (Wildman–Crippen MR) is 77.3 cm³/mol. The monoisotopic (exact) mass is 296 g/mol. The van der Waals surface area contributed by atoms with Crippen LogP contribution in [0.15, 0.2) is 18.2 Å². The Morgan fingerprint density at radius 3 is 2.52 bits per heavy atom. The number of nitrogens with two attached hydrogens (primary N) is 1. The lowest BCUT2D eigenvalue weighted by Gasteiger charge is -2.22. The minimum atomic E-state index is -0.849. The number of methoxy groups -OCH3 is 2. The molecular weight excluding hydrogens is 274 g/mol. The molecule has 1 unspecified atom stereocenters. The molecule has 3 amide bonds. The summed E-state index contributed by atoms with van der Waals surface area (Å²) in [6.07, 6.45) is 0. The van der Waals surface area contributed by atoms with Crippen molar-refractivity contribution < 1.29 is 24.0 Å². The van der Waals surface area contributed by atoms with Gasteiger partial charge in [-0.2, -0.15) is 0 Å². The summed E-state index contributed by atoms with van der Waals surface area (Å²) in [6.45, 7) is 2.26. The summed E-state index contributed by atoms with van der Waals surface area (Å²) in [5.74, 6) is 0.862. The maximum Gasteiger partial charge on any atom is 0.319 e. The summed E-state index contributed by atoms with van der Waals surface area (Å²) in [5.41, 5.74) is 5.86. The average molecular weight is 296 g/mol. The summed E-state index contributed by atoms with van der Waals surface area (Å²) in [5, 5.41) is 2.08. The number of carbonyl (C=O) groups excluding carboxylic acids is 2. The van der Waals surface area contributed by atoms with Crippen molar-refractivity contribution in [2.45, 2.75) is 19.5 Å². The largest absolute Gasteiger partial charge is 0.493 e. The maximum absolute atomic E-state index is 11.8. The van der Waals surface area contributed by atoms with Gasteiger partial charge in [0.1, 0.15) is 6.54 Å². The van der Waals surface area contributed by atoms with Crippen molar-refractivity contribution >= 4 is 11.9 Å². The molecule has 2 atom stereocenters. The Morgan fingerprint density at radius 2 is 2.00 bits per heavy atom. The van der Waals surface area contributed by atoms with Crippen LogP contribution in [0.2, 0.25) is 0 Å². The fourth-order valence-electron chi connectivity index (χ4n) is 2.00. The van der Waals surface area contributed by atoms with Gasteiger partial charge in [0.05, 0.1) is 26.8 Å². The highest BCUT2D eigenvalue weighted by Crippen LogP contribution is 2.30. The van der Waals surface area contributed by atoms with Crippen molar-refractivity contribution in [2.24, 2.45) is 5.73 Å². The molecule has 0 spiro atoms. The number of urea groups is 1. The zero-order valence-corrected chi connectivity index (χ0v) is 12.7. The molecule has 0 aliphatic heterocycles. The molecule has 21 heavy (non-hydrogen) atoms. The fraction of sp³-hybridized carbons (Fsp3) is 0.429. The summed E-state index contributed by atoms with van der Waals surface area (Å²) >= 11 is 0. The standard InChI is InChI=1S/C14H21N3O4/c1-9(13(18)16-14(15)19)17(2)8-10-6-5-7-11(20-3)12(10)21-4/h5-7,9H,8H2,1-4H3,(H3,15,16,18,19)/p+1/t9-/m1/s1. The van der Waals surface area contributed by atoms with Crippen LogP contribution in [-0.2, 0) is 11.3 Å². The Kier molecular flexibility index (Phi) is 5.98. The van der Waals surface area contributed by atoms with E-state index < -0.39 is 18.0 Å². The van der Waals surface area contributed by atoms with Crippen LogP contribution in [0.25, 0.3) is 0 Å². The lowest BCUT2D eigenvalue weighted by molar-refractivity contribution is -0.908. The predicted octanol–water partition coefficient (Wildman–Crippen LogP) is -0.698. The van der Waals surface area contributed by atoms with Gasteiger partial charge in [0, 0.05) is 0 Å². The Bertz CT molecular complexity index is 519. The first-order valence-electron chi connectivity index (χ1n) is 6.53. The van der Waals surface area contributed by atoms with Gasteiger partial charge >= 0.3 is 6.03 Å². The zero-order valence-electron chi connectivity index (χ0n) is 12.7. The lowest BCUT2D eigenvalue weighted by atomic mass is 10.1. The quantitative estimate of drug-likeness (QED) is 0.647. The van der Waals surface area contributed by atoms with E-state index in [2.05, 4.69) is 5.32 Å². The maximum atomic E-state index is 11.8.